The second-order valence-corrected chi connectivity index (χ2v) is 5.08. The van der Waals surface area contributed by atoms with Gasteiger partial charge in [0.25, 0.3) is 0 Å². The van der Waals surface area contributed by atoms with Gasteiger partial charge in [-0.15, -0.1) is 0 Å². The molecule has 0 aliphatic carbocycles. The molecule has 96 valence electrons. The summed E-state index contributed by atoms with van der Waals surface area (Å²) in [6.45, 7) is 6.33. The van der Waals surface area contributed by atoms with Gasteiger partial charge in [0.15, 0.2) is 0 Å². The predicted octanol–water partition coefficient (Wildman–Crippen LogP) is 1.68. The number of aryl methyl sites for hydroxylation is 1. The number of hydrogen-bond acceptors (Lipinski definition) is 4. The van der Waals surface area contributed by atoms with E-state index < -0.39 is 0 Å². The van der Waals surface area contributed by atoms with E-state index in [4.69, 9.17) is 0 Å². The first-order valence-corrected chi connectivity index (χ1v) is 6.53. The van der Waals surface area contributed by atoms with Crippen molar-refractivity contribution in [2.24, 2.45) is 5.92 Å². The van der Waals surface area contributed by atoms with Crippen molar-refractivity contribution in [3.8, 4) is 0 Å². The van der Waals surface area contributed by atoms with Crippen LogP contribution >= 0.6 is 0 Å². The van der Waals surface area contributed by atoms with Crippen LogP contribution in [0.4, 0.5) is 5.82 Å². The summed E-state index contributed by atoms with van der Waals surface area (Å²) in [4.78, 5) is 12.1. The molecule has 1 saturated heterocycles. The van der Waals surface area contributed by atoms with E-state index in [0.717, 1.165) is 35.8 Å². The van der Waals surface area contributed by atoms with E-state index in [2.05, 4.69) is 32.5 Å². The number of aromatic amines is 1. The van der Waals surface area contributed by atoms with Gasteiger partial charge in [-0.2, -0.15) is 0 Å². The molecular formula is C13H19N5. The molecule has 1 fully saturated rings. The number of H-pyrrole nitrogens is 1. The van der Waals surface area contributed by atoms with E-state index in [1.54, 1.807) is 0 Å². The van der Waals surface area contributed by atoms with Crippen LogP contribution in [0.25, 0.3) is 11.0 Å². The summed E-state index contributed by atoms with van der Waals surface area (Å²) in [7, 11) is 0. The van der Waals surface area contributed by atoms with Crippen molar-refractivity contribution in [1.82, 2.24) is 20.3 Å². The van der Waals surface area contributed by atoms with Gasteiger partial charge >= 0.3 is 0 Å². The number of anilines is 1. The molecule has 2 aromatic heterocycles. The Morgan fingerprint density at radius 1 is 1.39 bits per heavy atom. The topological polar surface area (TPSA) is 65.6 Å². The fourth-order valence-corrected chi connectivity index (χ4v) is 2.52. The molecule has 1 aliphatic rings. The standard InChI is InChI=1S/C13H19N5/c1-8-3-5-14-7-11(8)18-13-10-4-6-15-12(10)16-9(2)17-13/h4,6,8,11,14H,3,5,7H2,1-2H3,(H2,15,16,17,18)/t8-,11+/m1/s1. The van der Waals surface area contributed by atoms with Gasteiger partial charge in [0, 0.05) is 18.8 Å². The Hall–Kier alpha value is -1.62. The van der Waals surface area contributed by atoms with Crippen LogP contribution in [0, 0.1) is 12.8 Å². The zero-order valence-electron chi connectivity index (χ0n) is 10.8. The van der Waals surface area contributed by atoms with E-state index in [1.165, 1.54) is 6.42 Å². The number of piperidine rings is 1. The molecule has 0 aromatic carbocycles. The third kappa shape index (κ3) is 2.06. The molecule has 5 heteroatoms. The Labute approximate surface area is 106 Å². The van der Waals surface area contributed by atoms with E-state index in [0.29, 0.717) is 12.0 Å². The molecular weight excluding hydrogens is 226 g/mol. The van der Waals surface area contributed by atoms with E-state index in [9.17, 15) is 0 Å². The maximum Gasteiger partial charge on any atom is 0.143 e. The van der Waals surface area contributed by atoms with Crippen molar-refractivity contribution in [3.63, 3.8) is 0 Å². The summed E-state index contributed by atoms with van der Waals surface area (Å²) >= 11 is 0. The van der Waals surface area contributed by atoms with Crippen LogP contribution in [0.15, 0.2) is 12.3 Å². The minimum absolute atomic E-state index is 0.436. The van der Waals surface area contributed by atoms with Crippen molar-refractivity contribution in [2.45, 2.75) is 26.3 Å². The molecule has 1 aliphatic heterocycles. The van der Waals surface area contributed by atoms with E-state index in [1.807, 2.05) is 19.2 Å². The largest absolute Gasteiger partial charge is 0.365 e. The molecule has 18 heavy (non-hydrogen) atoms. The number of nitrogens with one attached hydrogen (secondary N) is 3. The van der Waals surface area contributed by atoms with Crippen LogP contribution in [0.5, 0.6) is 0 Å². The van der Waals surface area contributed by atoms with Crippen LogP contribution < -0.4 is 10.6 Å². The Morgan fingerprint density at radius 3 is 3.11 bits per heavy atom. The van der Waals surface area contributed by atoms with Crippen LogP contribution in [0.1, 0.15) is 19.2 Å². The Bertz CT molecular complexity index is 547. The molecule has 0 bridgehead atoms. The molecule has 2 aromatic rings. The van der Waals surface area contributed by atoms with Crippen LogP contribution in [-0.2, 0) is 0 Å². The molecule has 0 saturated carbocycles. The fourth-order valence-electron chi connectivity index (χ4n) is 2.52. The predicted molar refractivity (Wildman–Crippen MR) is 72.7 cm³/mol. The average molecular weight is 245 g/mol. The van der Waals surface area contributed by atoms with Crippen molar-refractivity contribution in [1.29, 1.82) is 0 Å². The van der Waals surface area contributed by atoms with Crippen molar-refractivity contribution < 1.29 is 0 Å². The Morgan fingerprint density at radius 2 is 2.28 bits per heavy atom. The van der Waals surface area contributed by atoms with Gasteiger partial charge < -0.3 is 15.6 Å². The highest BCUT2D eigenvalue weighted by atomic mass is 15.1. The van der Waals surface area contributed by atoms with Gasteiger partial charge in [-0.3, -0.25) is 0 Å². The molecule has 0 amide bonds. The lowest BCUT2D eigenvalue weighted by molar-refractivity contribution is 0.366. The first kappa shape index (κ1) is 11.5. The number of aromatic nitrogens is 3. The third-order valence-electron chi connectivity index (χ3n) is 3.68. The zero-order chi connectivity index (χ0) is 12.5. The number of nitrogens with zero attached hydrogens (tertiary/aromatic N) is 2. The minimum Gasteiger partial charge on any atom is -0.365 e. The van der Waals surface area contributed by atoms with Crippen LogP contribution in [-0.4, -0.2) is 34.1 Å². The summed E-state index contributed by atoms with van der Waals surface area (Å²) in [5, 5.41) is 8.06. The molecule has 3 N–H and O–H groups in total. The molecule has 0 radical (unpaired) electrons. The van der Waals surface area contributed by atoms with Gasteiger partial charge in [0.05, 0.1) is 5.39 Å². The molecule has 3 heterocycles. The SMILES string of the molecule is Cc1nc(N[C@H]2CNCC[C@H]2C)c2cc[nH]c2n1. The van der Waals surface area contributed by atoms with Gasteiger partial charge in [-0.25, -0.2) is 9.97 Å². The second-order valence-electron chi connectivity index (χ2n) is 5.08. The van der Waals surface area contributed by atoms with Crippen LogP contribution in [0.3, 0.4) is 0 Å². The summed E-state index contributed by atoms with van der Waals surface area (Å²) in [5.74, 6) is 2.40. The maximum absolute atomic E-state index is 4.53. The number of fused-ring (bicyclic) bond motifs is 1. The monoisotopic (exact) mass is 245 g/mol. The van der Waals surface area contributed by atoms with E-state index in [-0.39, 0.29) is 0 Å². The van der Waals surface area contributed by atoms with E-state index >= 15 is 0 Å². The van der Waals surface area contributed by atoms with Crippen LogP contribution in [0.2, 0.25) is 0 Å². The second kappa shape index (κ2) is 4.57. The van der Waals surface area contributed by atoms with Crippen molar-refractivity contribution in [3.05, 3.63) is 18.1 Å². The fraction of sp³-hybridized carbons (Fsp3) is 0.538. The first-order chi connectivity index (χ1) is 8.74. The first-order valence-electron chi connectivity index (χ1n) is 6.53. The Balaban J connectivity index is 1.91. The highest BCUT2D eigenvalue weighted by Gasteiger charge is 2.22. The van der Waals surface area contributed by atoms with Gasteiger partial charge in [-0.1, -0.05) is 6.92 Å². The Kier molecular flexibility index (Phi) is 2.91. The van der Waals surface area contributed by atoms with Crippen molar-refractivity contribution >= 4 is 16.9 Å². The molecule has 5 nitrogen and oxygen atoms in total. The lowest BCUT2D eigenvalue weighted by atomic mass is 9.95. The lowest BCUT2D eigenvalue weighted by Crippen LogP contribution is -2.44. The smallest absolute Gasteiger partial charge is 0.143 e. The molecule has 2 atom stereocenters. The molecule has 0 spiro atoms. The zero-order valence-corrected chi connectivity index (χ0v) is 10.8. The summed E-state index contributed by atoms with van der Waals surface area (Å²) < 4.78 is 0. The average Bonchev–Trinajstić information content (AvgIpc) is 2.80. The van der Waals surface area contributed by atoms with Gasteiger partial charge in [0.2, 0.25) is 0 Å². The molecule has 3 rings (SSSR count). The summed E-state index contributed by atoms with van der Waals surface area (Å²) in [6, 6.07) is 2.46. The summed E-state index contributed by atoms with van der Waals surface area (Å²) in [6.07, 6.45) is 3.12. The lowest BCUT2D eigenvalue weighted by Gasteiger charge is -2.30. The third-order valence-corrected chi connectivity index (χ3v) is 3.68. The summed E-state index contributed by atoms with van der Waals surface area (Å²) in [5.41, 5.74) is 0.904. The number of rotatable bonds is 2. The highest BCUT2D eigenvalue weighted by Crippen LogP contribution is 2.22. The normalized spacial score (nSPS) is 24.3. The quantitative estimate of drug-likeness (QED) is 0.753. The highest BCUT2D eigenvalue weighted by molar-refractivity contribution is 5.87. The minimum atomic E-state index is 0.436. The van der Waals surface area contributed by atoms with Crippen molar-refractivity contribution in [2.75, 3.05) is 18.4 Å². The van der Waals surface area contributed by atoms with Gasteiger partial charge in [0.1, 0.15) is 17.3 Å². The molecule has 0 unspecified atom stereocenters. The van der Waals surface area contributed by atoms with Gasteiger partial charge in [-0.05, 0) is 31.9 Å². The number of hydrogen-bond donors (Lipinski definition) is 3. The maximum atomic E-state index is 4.53.